The van der Waals surface area contributed by atoms with Gasteiger partial charge < -0.3 is 14.6 Å². The second kappa shape index (κ2) is 10.2. The van der Waals surface area contributed by atoms with Crippen LogP contribution in [0.3, 0.4) is 0 Å². The Morgan fingerprint density at radius 2 is 2.03 bits per heavy atom. The van der Waals surface area contributed by atoms with Crippen LogP contribution in [0.15, 0.2) is 53.6 Å². The second-order valence-electron chi connectivity index (χ2n) is 8.29. The first-order valence-corrected chi connectivity index (χ1v) is 12.4. The molecule has 0 saturated heterocycles. The number of carbonyl (C=O) groups excluding carboxylic acids is 2. The average Bonchev–Trinajstić information content (AvgIpc) is 2.96. The summed E-state index contributed by atoms with van der Waals surface area (Å²) in [5.41, 5.74) is 2.48. The van der Waals surface area contributed by atoms with Gasteiger partial charge in [-0.3, -0.25) is 14.5 Å². The van der Waals surface area contributed by atoms with E-state index < -0.39 is 6.04 Å². The molecule has 2 amide bonds. The Balaban J connectivity index is 1.77. The summed E-state index contributed by atoms with van der Waals surface area (Å²) in [6.45, 7) is 5.00. The first-order valence-electron chi connectivity index (χ1n) is 11.1. The van der Waals surface area contributed by atoms with Crippen molar-refractivity contribution in [1.29, 1.82) is 0 Å². The fourth-order valence-electron chi connectivity index (χ4n) is 4.18. The zero-order valence-electron chi connectivity index (χ0n) is 19.0. The zero-order chi connectivity index (χ0) is 23.5. The number of para-hydroxylation sites is 1. The van der Waals surface area contributed by atoms with Crippen molar-refractivity contribution < 1.29 is 14.3 Å². The fraction of sp³-hybridized carbons (Fsp3) is 0.360. The number of thioether (sulfide) groups is 1. The number of fused-ring (bicyclic) bond motifs is 3. The van der Waals surface area contributed by atoms with Gasteiger partial charge in [0.2, 0.25) is 11.8 Å². The van der Waals surface area contributed by atoms with Crippen molar-refractivity contribution in [3.8, 4) is 0 Å². The molecule has 1 N–H and O–H groups in total. The number of ether oxygens (including phenoxy) is 1. The topological polar surface area (TPSA) is 63.6 Å². The molecule has 0 fully saturated rings. The fourth-order valence-corrected chi connectivity index (χ4v) is 5.43. The third kappa shape index (κ3) is 4.90. The number of aryl methyl sites for hydroxylation is 1. The summed E-state index contributed by atoms with van der Waals surface area (Å²) in [6.07, 6.45) is 0.840. The van der Waals surface area contributed by atoms with E-state index >= 15 is 0 Å². The summed E-state index contributed by atoms with van der Waals surface area (Å²) in [4.78, 5) is 28.6. The summed E-state index contributed by atoms with van der Waals surface area (Å²) in [5.74, 6) is -0.116. The van der Waals surface area contributed by atoms with Gasteiger partial charge in [0.25, 0.3) is 0 Å². The van der Waals surface area contributed by atoms with Crippen LogP contribution in [0, 0.1) is 0 Å². The standard InChI is InChI=1S/C25H28ClN3O3S/c1-16(2)32-13-7-12-27-24(31)23-22-19-10-4-5-11-20(19)28(3)25(22)33-15-21(30)29(23)18-9-6-8-17(26)14-18/h4-6,8-11,14,16,23H,7,12-13,15H2,1-3H3,(H,27,31)/t23-/m1/s1. The SMILES string of the molecule is CC(C)OCCCNC(=O)[C@H]1c2c(n(C)c3ccccc23)SCC(=O)N1c1cccc(Cl)c1. The third-order valence-corrected chi connectivity index (χ3v) is 7.02. The van der Waals surface area contributed by atoms with Crippen molar-refractivity contribution in [2.75, 3.05) is 23.8 Å². The molecule has 0 saturated carbocycles. The first-order chi connectivity index (χ1) is 15.9. The van der Waals surface area contributed by atoms with Gasteiger partial charge in [-0.25, -0.2) is 0 Å². The van der Waals surface area contributed by atoms with Gasteiger partial charge >= 0.3 is 0 Å². The number of hydrogen-bond acceptors (Lipinski definition) is 4. The van der Waals surface area contributed by atoms with E-state index in [4.69, 9.17) is 16.3 Å². The number of nitrogens with one attached hydrogen (secondary N) is 1. The Morgan fingerprint density at radius 1 is 1.24 bits per heavy atom. The molecule has 1 atom stereocenters. The van der Waals surface area contributed by atoms with Crippen molar-refractivity contribution in [2.24, 2.45) is 7.05 Å². The Hall–Kier alpha value is -2.48. The molecule has 1 aliphatic rings. The number of halogens is 1. The van der Waals surface area contributed by atoms with Gasteiger partial charge in [0.1, 0.15) is 6.04 Å². The van der Waals surface area contributed by atoms with Crippen LogP contribution in [0.4, 0.5) is 5.69 Å². The zero-order valence-corrected chi connectivity index (χ0v) is 20.6. The van der Waals surface area contributed by atoms with Crippen molar-refractivity contribution in [2.45, 2.75) is 37.4 Å². The number of nitrogens with zero attached hydrogens (tertiary/aromatic N) is 2. The Kier molecular flexibility index (Phi) is 7.32. The second-order valence-corrected chi connectivity index (χ2v) is 9.69. The molecule has 6 nitrogen and oxygen atoms in total. The van der Waals surface area contributed by atoms with E-state index in [9.17, 15) is 9.59 Å². The lowest BCUT2D eigenvalue weighted by atomic mass is 10.0. The van der Waals surface area contributed by atoms with E-state index in [1.54, 1.807) is 23.1 Å². The predicted molar refractivity (Wildman–Crippen MR) is 134 cm³/mol. The van der Waals surface area contributed by atoms with Crippen molar-refractivity contribution in [3.05, 3.63) is 59.1 Å². The molecule has 0 unspecified atom stereocenters. The van der Waals surface area contributed by atoms with Crippen LogP contribution in [0.5, 0.6) is 0 Å². The van der Waals surface area contributed by atoms with Gasteiger partial charge in [0.15, 0.2) is 0 Å². The summed E-state index contributed by atoms with van der Waals surface area (Å²) in [6, 6.07) is 14.3. The quantitative estimate of drug-likeness (QED) is 0.481. The number of rotatable bonds is 7. The Labute approximate surface area is 203 Å². The molecule has 1 aliphatic heterocycles. The van der Waals surface area contributed by atoms with Gasteiger partial charge in [-0.1, -0.05) is 47.6 Å². The summed E-state index contributed by atoms with van der Waals surface area (Å²) < 4.78 is 7.66. The van der Waals surface area contributed by atoms with Gasteiger partial charge in [-0.05, 0) is 44.5 Å². The highest BCUT2D eigenvalue weighted by molar-refractivity contribution is 8.00. The van der Waals surface area contributed by atoms with E-state index in [1.165, 1.54) is 11.8 Å². The molecule has 8 heteroatoms. The Bertz CT molecular complexity index is 1180. The minimum absolute atomic E-state index is 0.133. The average molecular weight is 486 g/mol. The number of aromatic nitrogens is 1. The smallest absolute Gasteiger partial charge is 0.247 e. The maximum absolute atomic E-state index is 13.7. The van der Waals surface area contributed by atoms with Crippen molar-refractivity contribution in [3.63, 3.8) is 0 Å². The molecule has 1 aromatic heterocycles. The molecule has 0 spiro atoms. The molecule has 33 heavy (non-hydrogen) atoms. The summed E-state index contributed by atoms with van der Waals surface area (Å²) in [5, 5.41) is 5.45. The molecule has 0 radical (unpaired) electrons. The normalized spacial score (nSPS) is 16.2. The van der Waals surface area contributed by atoms with Crippen LogP contribution >= 0.6 is 23.4 Å². The maximum atomic E-state index is 13.7. The van der Waals surface area contributed by atoms with Crippen LogP contribution in [0.2, 0.25) is 5.02 Å². The highest BCUT2D eigenvalue weighted by atomic mass is 35.5. The molecule has 174 valence electrons. The van der Waals surface area contributed by atoms with E-state index in [0.29, 0.717) is 30.3 Å². The molecule has 0 aliphatic carbocycles. The van der Waals surface area contributed by atoms with Crippen LogP contribution in [-0.2, 0) is 21.4 Å². The van der Waals surface area contributed by atoms with E-state index in [0.717, 1.165) is 21.5 Å². The van der Waals surface area contributed by atoms with Gasteiger partial charge in [0.05, 0.1) is 16.9 Å². The predicted octanol–water partition coefficient (Wildman–Crippen LogP) is 4.94. The molecule has 2 aromatic carbocycles. The first kappa shape index (κ1) is 23.7. The highest BCUT2D eigenvalue weighted by Gasteiger charge is 2.39. The molecule has 2 heterocycles. The minimum atomic E-state index is -0.807. The number of amides is 2. The molecular weight excluding hydrogens is 458 g/mol. The number of carbonyl (C=O) groups is 2. The molecular formula is C25H28ClN3O3S. The van der Waals surface area contributed by atoms with Crippen molar-refractivity contribution >= 4 is 51.8 Å². The van der Waals surface area contributed by atoms with E-state index in [1.807, 2.05) is 51.2 Å². The lowest BCUT2D eigenvalue weighted by Gasteiger charge is -2.30. The number of benzene rings is 2. The lowest BCUT2D eigenvalue weighted by Crippen LogP contribution is -2.44. The molecule has 0 bridgehead atoms. The van der Waals surface area contributed by atoms with Crippen LogP contribution in [-0.4, -0.2) is 41.4 Å². The van der Waals surface area contributed by atoms with Crippen molar-refractivity contribution in [1.82, 2.24) is 9.88 Å². The lowest BCUT2D eigenvalue weighted by molar-refractivity contribution is -0.125. The Morgan fingerprint density at radius 3 is 2.79 bits per heavy atom. The van der Waals surface area contributed by atoms with E-state index in [-0.39, 0.29) is 23.7 Å². The third-order valence-electron chi connectivity index (χ3n) is 5.63. The summed E-state index contributed by atoms with van der Waals surface area (Å²) in [7, 11) is 1.98. The van der Waals surface area contributed by atoms with Crippen LogP contribution in [0.1, 0.15) is 31.9 Å². The van der Waals surface area contributed by atoms with Gasteiger partial charge in [0, 0.05) is 47.4 Å². The maximum Gasteiger partial charge on any atom is 0.247 e. The largest absolute Gasteiger partial charge is 0.379 e. The van der Waals surface area contributed by atoms with Crippen LogP contribution in [0.25, 0.3) is 10.9 Å². The highest BCUT2D eigenvalue weighted by Crippen LogP contribution is 2.43. The van der Waals surface area contributed by atoms with Gasteiger partial charge in [-0.15, -0.1) is 0 Å². The number of hydrogen-bond donors (Lipinski definition) is 1. The summed E-state index contributed by atoms with van der Waals surface area (Å²) >= 11 is 7.73. The monoisotopic (exact) mass is 485 g/mol. The number of anilines is 1. The molecule has 4 rings (SSSR count). The van der Waals surface area contributed by atoms with Crippen LogP contribution < -0.4 is 10.2 Å². The minimum Gasteiger partial charge on any atom is -0.379 e. The van der Waals surface area contributed by atoms with Gasteiger partial charge in [-0.2, -0.15) is 0 Å². The van der Waals surface area contributed by atoms with E-state index in [2.05, 4.69) is 9.88 Å². The molecule has 3 aromatic rings.